The highest BCUT2D eigenvalue weighted by Gasteiger charge is 2.22. The van der Waals surface area contributed by atoms with E-state index in [-0.39, 0.29) is 5.92 Å². The van der Waals surface area contributed by atoms with E-state index in [0.29, 0.717) is 5.78 Å². The standard InChI is InChI=1S/C20H29NO/c22-20(19-12-14-21-15-13-19)18-10-8-17(9-11-18)7-6-16-4-2-1-3-5-16/h8-11,16,19,21H,1-7,12-15H2. The van der Waals surface area contributed by atoms with Gasteiger partial charge in [0, 0.05) is 11.5 Å². The zero-order valence-electron chi connectivity index (χ0n) is 13.7. The largest absolute Gasteiger partial charge is 0.317 e. The molecule has 0 atom stereocenters. The first-order valence-corrected chi connectivity index (χ1v) is 9.17. The number of piperidine rings is 1. The number of nitrogens with one attached hydrogen (secondary N) is 1. The second-order valence-corrected chi connectivity index (χ2v) is 7.13. The van der Waals surface area contributed by atoms with E-state index in [1.807, 2.05) is 0 Å². The first kappa shape index (κ1) is 15.7. The molecular formula is C20H29NO. The molecule has 2 fully saturated rings. The van der Waals surface area contributed by atoms with Gasteiger partial charge in [-0.3, -0.25) is 4.79 Å². The molecule has 1 saturated heterocycles. The van der Waals surface area contributed by atoms with Gasteiger partial charge >= 0.3 is 0 Å². The second-order valence-electron chi connectivity index (χ2n) is 7.13. The van der Waals surface area contributed by atoms with E-state index in [1.54, 1.807) is 0 Å². The minimum atomic E-state index is 0.231. The number of ketones is 1. The summed E-state index contributed by atoms with van der Waals surface area (Å²) in [5.74, 6) is 1.51. The number of hydrogen-bond donors (Lipinski definition) is 1. The monoisotopic (exact) mass is 299 g/mol. The third kappa shape index (κ3) is 4.19. The molecule has 0 unspecified atom stereocenters. The van der Waals surface area contributed by atoms with E-state index in [2.05, 4.69) is 29.6 Å². The molecule has 3 rings (SSSR count). The average molecular weight is 299 g/mol. The van der Waals surface area contributed by atoms with Crippen molar-refractivity contribution >= 4 is 5.78 Å². The Morgan fingerprint density at radius 2 is 1.64 bits per heavy atom. The fraction of sp³-hybridized carbons (Fsp3) is 0.650. The number of aryl methyl sites for hydroxylation is 1. The van der Waals surface area contributed by atoms with Crippen LogP contribution in [0.2, 0.25) is 0 Å². The highest BCUT2D eigenvalue weighted by molar-refractivity contribution is 5.97. The molecule has 1 aliphatic heterocycles. The highest BCUT2D eigenvalue weighted by Crippen LogP contribution is 2.27. The molecule has 1 heterocycles. The van der Waals surface area contributed by atoms with Crippen LogP contribution in [0.25, 0.3) is 0 Å². The molecule has 2 aliphatic rings. The van der Waals surface area contributed by atoms with Crippen LogP contribution in [0, 0.1) is 11.8 Å². The van der Waals surface area contributed by atoms with Crippen molar-refractivity contribution in [1.82, 2.24) is 5.32 Å². The summed E-state index contributed by atoms with van der Waals surface area (Å²) in [6, 6.07) is 8.47. The van der Waals surface area contributed by atoms with Gasteiger partial charge in [0.15, 0.2) is 5.78 Å². The van der Waals surface area contributed by atoms with Crippen LogP contribution in [0.5, 0.6) is 0 Å². The fourth-order valence-corrected chi connectivity index (χ4v) is 4.00. The van der Waals surface area contributed by atoms with Crippen molar-refractivity contribution in [1.29, 1.82) is 0 Å². The van der Waals surface area contributed by atoms with Gasteiger partial charge in [-0.05, 0) is 50.3 Å². The van der Waals surface area contributed by atoms with Gasteiger partial charge in [0.1, 0.15) is 0 Å². The summed E-state index contributed by atoms with van der Waals surface area (Å²) < 4.78 is 0. The maximum Gasteiger partial charge on any atom is 0.166 e. The zero-order valence-corrected chi connectivity index (χ0v) is 13.7. The Morgan fingerprint density at radius 3 is 2.32 bits per heavy atom. The maximum absolute atomic E-state index is 12.5. The number of hydrogen-bond acceptors (Lipinski definition) is 2. The van der Waals surface area contributed by atoms with E-state index in [4.69, 9.17) is 0 Å². The number of rotatable bonds is 5. The molecule has 1 aromatic rings. The highest BCUT2D eigenvalue weighted by atomic mass is 16.1. The average Bonchev–Trinajstić information content (AvgIpc) is 2.61. The summed E-state index contributed by atoms with van der Waals surface area (Å²) in [7, 11) is 0. The van der Waals surface area contributed by atoms with Crippen molar-refractivity contribution in [3.63, 3.8) is 0 Å². The molecule has 1 saturated carbocycles. The molecule has 2 nitrogen and oxygen atoms in total. The van der Waals surface area contributed by atoms with Crippen molar-refractivity contribution in [2.45, 2.75) is 57.8 Å². The number of benzene rings is 1. The van der Waals surface area contributed by atoms with Gasteiger partial charge < -0.3 is 5.32 Å². The van der Waals surface area contributed by atoms with Crippen LogP contribution in [0.1, 0.15) is 67.3 Å². The van der Waals surface area contributed by atoms with Gasteiger partial charge in [0.05, 0.1) is 0 Å². The summed E-state index contributed by atoms with van der Waals surface area (Å²) in [5, 5.41) is 3.33. The van der Waals surface area contributed by atoms with Gasteiger partial charge in [-0.15, -0.1) is 0 Å². The second kappa shape index (κ2) is 7.92. The van der Waals surface area contributed by atoms with Crippen LogP contribution in [-0.2, 0) is 6.42 Å². The minimum absolute atomic E-state index is 0.231. The summed E-state index contributed by atoms with van der Waals surface area (Å²) in [6.07, 6.45) is 11.6. The molecular weight excluding hydrogens is 270 g/mol. The van der Waals surface area contributed by atoms with Gasteiger partial charge in [0.2, 0.25) is 0 Å². The van der Waals surface area contributed by atoms with E-state index in [0.717, 1.165) is 37.4 Å². The molecule has 0 spiro atoms. The molecule has 1 N–H and O–H groups in total. The third-order valence-electron chi connectivity index (χ3n) is 5.51. The van der Waals surface area contributed by atoms with Crippen molar-refractivity contribution in [3.8, 4) is 0 Å². The summed E-state index contributed by atoms with van der Waals surface area (Å²) in [4.78, 5) is 12.5. The van der Waals surface area contributed by atoms with Gasteiger partial charge in [0.25, 0.3) is 0 Å². The lowest BCUT2D eigenvalue weighted by molar-refractivity contribution is 0.0895. The SMILES string of the molecule is O=C(c1ccc(CCC2CCCCC2)cc1)C1CCNCC1. The van der Waals surface area contributed by atoms with Crippen molar-refractivity contribution in [2.75, 3.05) is 13.1 Å². The molecule has 120 valence electrons. The Kier molecular flexibility index (Phi) is 5.66. The topological polar surface area (TPSA) is 29.1 Å². The van der Waals surface area contributed by atoms with Crippen LogP contribution in [-0.4, -0.2) is 18.9 Å². The molecule has 1 aromatic carbocycles. The van der Waals surface area contributed by atoms with Gasteiger partial charge in [-0.25, -0.2) is 0 Å². The predicted molar refractivity (Wildman–Crippen MR) is 91.3 cm³/mol. The van der Waals surface area contributed by atoms with E-state index in [9.17, 15) is 4.79 Å². The third-order valence-corrected chi connectivity index (χ3v) is 5.51. The number of carbonyl (C=O) groups is 1. The number of Topliss-reactive ketones (excluding diaryl/α,β-unsaturated/α-hetero) is 1. The lowest BCUT2D eigenvalue weighted by atomic mass is 9.85. The molecule has 0 bridgehead atoms. The number of carbonyl (C=O) groups excluding carboxylic acids is 1. The lowest BCUT2D eigenvalue weighted by Gasteiger charge is -2.22. The molecule has 1 aliphatic carbocycles. The molecule has 2 heteroatoms. The Bertz CT molecular complexity index is 467. The Morgan fingerprint density at radius 1 is 0.955 bits per heavy atom. The molecule has 0 amide bonds. The molecule has 22 heavy (non-hydrogen) atoms. The smallest absolute Gasteiger partial charge is 0.166 e. The summed E-state index contributed by atoms with van der Waals surface area (Å²) >= 11 is 0. The molecule has 0 radical (unpaired) electrons. The van der Waals surface area contributed by atoms with Crippen LogP contribution in [0.3, 0.4) is 0 Å². The van der Waals surface area contributed by atoms with Crippen LogP contribution in [0.15, 0.2) is 24.3 Å². The Hall–Kier alpha value is -1.15. The Labute approximate surface area is 134 Å². The van der Waals surface area contributed by atoms with Crippen molar-refractivity contribution < 1.29 is 4.79 Å². The normalized spacial score (nSPS) is 20.9. The predicted octanol–water partition coefficient (Wildman–Crippen LogP) is 4.38. The van der Waals surface area contributed by atoms with Crippen molar-refractivity contribution in [3.05, 3.63) is 35.4 Å². The summed E-state index contributed by atoms with van der Waals surface area (Å²) in [6.45, 7) is 1.96. The molecule has 0 aromatic heterocycles. The minimum Gasteiger partial charge on any atom is -0.317 e. The maximum atomic E-state index is 12.5. The quantitative estimate of drug-likeness (QED) is 0.817. The summed E-state index contributed by atoms with van der Waals surface area (Å²) in [5.41, 5.74) is 2.31. The van der Waals surface area contributed by atoms with Crippen LogP contribution >= 0.6 is 0 Å². The first-order chi connectivity index (χ1) is 10.8. The van der Waals surface area contributed by atoms with Crippen LogP contribution in [0.4, 0.5) is 0 Å². The van der Waals surface area contributed by atoms with Crippen molar-refractivity contribution in [2.24, 2.45) is 11.8 Å². The van der Waals surface area contributed by atoms with E-state index in [1.165, 1.54) is 50.5 Å². The fourth-order valence-electron chi connectivity index (χ4n) is 4.00. The Balaban J connectivity index is 1.51. The van der Waals surface area contributed by atoms with Gasteiger partial charge in [-0.1, -0.05) is 56.4 Å². The van der Waals surface area contributed by atoms with Gasteiger partial charge in [-0.2, -0.15) is 0 Å². The zero-order chi connectivity index (χ0) is 15.2. The van der Waals surface area contributed by atoms with Crippen LogP contribution < -0.4 is 5.32 Å². The first-order valence-electron chi connectivity index (χ1n) is 9.17. The lowest BCUT2D eigenvalue weighted by Crippen LogP contribution is -2.31. The van der Waals surface area contributed by atoms with E-state index >= 15 is 0 Å². The van der Waals surface area contributed by atoms with E-state index < -0.39 is 0 Å².